The van der Waals surface area contributed by atoms with E-state index in [-0.39, 0.29) is 0 Å². The highest BCUT2D eigenvalue weighted by molar-refractivity contribution is 5.18. The van der Waals surface area contributed by atoms with Gasteiger partial charge in [-0.05, 0) is 256 Å². The summed E-state index contributed by atoms with van der Waals surface area (Å²) in [5, 5.41) is 4.03. The number of ether oxygens (including phenoxy) is 1. The van der Waals surface area contributed by atoms with Crippen molar-refractivity contribution in [2.75, 3.05) is 85.7 Å². The van der Waals surface area contributed by atoms with Crippen LogP contribution in [0.15, 0.2) is 184 Å². The molecule has 0 saturated carbocycles. The van der Waals surface area contributed by atoms with Crippen LogP contribution < -0.4 is 0 Å². The Hall–Kier alpha value is -6.79. The van der Waals surface area contributed by atoms with Gasteiger partial charge < -0.3 is 28.6 Å². The van der Waals surface area contributed by atoms with Gasteiger partial charge in [0, 0.05) is 168 Å². The molecule has 0 bridgehead atoms. The molecule has 588 valence electrons. The lowest BCUT2D eigenvalue weighted by Crippen LogP contribution is -2.47. The highest BCUT2D eigenvalue weighted by atomic mass is 16.5. The lowest BCUT2D eigenvalue weighted by atomic mass is 10.0. The van der Waals surface area contributed by atoms with Crippen molar-refractivity contribution in [3.05, 3.63) is 212 Å². The number of likely N-dealkylation sites (N-methyl/N-ethyl adjacent to an activating group) is 1. The molecule has 1 aromatic carbocycles. The fraction of sp³-hybridized carbons (Fsp3) is 0.607. The van der Waals surface area contributed by atoms with Crippen LogP contribution in [0.5, 0.6) is 0 Å². The van der Waals surface area contributed by atoms with Crippen molar-refractivity contribution < 1.29 is 4.74 Å². The van der Waals surface area contributed by atoms with Gasteiger partial charge in [-0.1, -0.05) is 118 Å². The monoisotopic (exact) mass is 1450 g/mol. The summed E-state index contributed by atoms with van der Waals surface area (Å²) < 4.78 is 11.3. The highest BCUT2D eigenvalue weighted by Crippen LogP contribution is 2.16. The van der Waals surface area contributed by atoms with Crippen LogP contribution in [-0.2, 0) is 4.74 Å². The third-order valence-electron chi connectivity index (χ3n) is 18.2. The summed E-state index contributed by atoms with van der Waals surface area (Å²) in [6.07, 6.45) is 35.0. The first-order chi connectivity index (χ1) is 50.0. The van der Waals surface area contributed by atoms with Gasteiger partial charge in [0.2, 0.25) is 0 Å². The number of pyridine rings is 3. The molecule has 0 unspecified atom stereocenters. The van der Waals surface area contributed by atoms with Crippen molar-refractivity contribution >= 4 is 0 Å². The van der Waals surface area contributed by atoms with Crippen LogP contribution in [0.4, 0.5) is 0 Å². The Balaban J connectivity index is 0.000000573. The molecule has 4 aliphatic heterocycles. The Morgan fingerprint density at radius 2 is 0.762 bits per heavy atom. The van der Waals surface area contributed by atoms with E-state index in [4.69, 9.17) is 4.74 Å². The average Bonchev–Trinajstić information content (AvgIpc) is 1.63. The number of piperidine rings is 1. The van der Waals surface area contributed by atoms with Gasteiger partial charge in [0.15, 0.2) is 0 Å². The number of piperazine rings is 1. The summed E-state index contributed by atoms with van der Waals surface area (Å²) >= 11 is 0. The summed E-state index contributed by atoms with van der Waals surface area (Å²) in [7, 11) is 2.19. The molecule has 0 spiro atoms. The summed E-state index contributed by atoms with van der Waals surface area (Å²) in [5.74, 6) is 2.95. The molecule has 8 aromatic rings. The zero-order chi connectivity index (χ0) is 78.3. The maximum absolute atomic E-state index is 5.21. The molecule has 105 heavy (non-hydrogen) atoms. The van der Waals surface area contributed by atoms with E-state index in [1.54, 1.807) is 24.9 Å². The minimum atomic E-state index is 0.491. The molecule has 16 heteroatoms. The average molecular weight is 1450 g/mol. The molecule has 12 rings (SSSR count). The van der Waals surface area contributed by atoms with Crippen molar-refractivity contribution in [3.63, 3.8) is 0 Å². The summed E-state index contributed by atoms with van der Waals surface area (Å²) in [5.41, 5.74) is 6.43. The van der Waals surface area contributed by atoms with E-state index in [1.807, 2.05) is 121 Å². The van der Waals surface area contributed by atoms with Crippen molar-refractivity contribution in [2.24, 2.45) is 0 Å². The lowest BCUT2D eigenvalue weighted by Gasteiger charge is -2.34. The maximum Gasteiger partial charge on any atom is 0.115 e. The van der Waals surface area contributed by atoms with Gasteiger partial charge in [0.1, 0.15) is 6.33 Å². The summed E-state index contributed by atoms with van der Waals surface area (Å²) in [6, 6.07) is 35.3. The van der Waals surface area contributed by atoms with E-state index in [2.05, 4.69) is 285 Å². The SMILES string of the molecule is CC(C)N1CCCC1.CC(C)N1CCCCC1.CC(C)N1CCN(C)CC1.CC(C)N1CCOCC1.CC(C)c1ccccc1.CC(C)c1ccccn1.CC(C)c1cccnc1.CC(C)c1ccncc1.CC(C)c1cncnc1.CC(C)n1cccc1.CC(C)n1cccn1.CC(C)n1ccnc1. The predicted octanol–water partition coefficient (Wildman–Crippen LogP) is 20.8. The third kappa shape index (κ3) is 48.2. The second-order valence-electron chi connectivity index (χ2n) is 30.8. The number of hydrogen-bond acceptors (Lipinski definition) is 13. The van der Waals surface area contributed by atoms with Crippen molar-refractivity contribution in [2.45, 2.75) is 270 Å². The van der Waals surface area contributed by atoms with Gasteiger partial charge >= 0.3 is 0 Å². The van der Waals surface area contributed by atoms with Crippen LogP contribution in [0.3, 0.4) is 0 Å². The molecular weight excluding hydrogens is 1300 g/mol. The Bertz CT molecular complexity index is 2690. The molecule has 0 N–H and O–H groups in total. The number of likely N-dealkylation sites (tertiary alicyclic amines) is 2. The topological polar surface area (TPSA) is 130 Å². The van der Waals surface area contributed by atoms with Gasteiger partial charge in [0.05, 0.1) is 19.5 Å². The maximum atomic E-state index is 5.21. The zero-order valence-corrected chi connectivity index (χ0v) is 70.9. The van der Waals surface area contributed by atoms with E-state index < -0.39 is 0 Å². The number of morpholine rings is 1. The highest BCUT2D eigenvalue weighted by Gasteiger charge is 2.16. The van der Waals surface area contributed by atoms with Gasteiger partial charge in [0.25, 0.3) is 0 Å². The lowest BCUT2D eigenvalue weighted by molar-refractivity contribution is 0.0238. The van der Waals surface area contributed by atoms with E-state index >= 15 is 0 Å². The smallest absolute Gasteiger partial charge is 0.115 e. The van der Waals surface area contributed by atoms with Crippen LogP contribution in [-0.4, -0.2) is 183 Å². The van der Waals surface area contributed by atoms with Crippen molar-refractivity contribution in [1.82, 2.24) is 73.3 Å². The van der Waals surface area contributed by atoms with E-state index in [9.17, 15) is 0 Å². The molecule has 0 radical (unpaired) electrons. The number of rotatable bonds is 12. The number of imidazole rings is 1. The van der Waals surface area contributed by atoms with Crippen LogP contribution in [0, 0.1) is 0 Å². The van der Waals surface area contributed by atoms with Gasteiger partial charge in [-0.25, -0.2) is 15.0 Å². The quantitative estimate of drug-likeness (QED) is 0.115. The summed E-state index contributed by atoms with van der Waals surface area (Å²) in [6.45, 7) is 66.8. The van der Waals surface area contributed by atoms with Crippen LogP contribution >= 0.6 is 0 Å². The molecule has 0 aliphatic carbocycles. The fourth-order valence-corrected chi connectivity index (χ4v) is 10.6. The fourth-order valence-electron chi connectivity index (χ4n) is 10.6. The largest absolute Gasteiger partial charge is 0.379 e. The normalized spacial score (nSPS) is 14.7. The standard InChI is InChI=1S/C9H12.C8H18N2.2C8H11N.C8H17N.C8H11N.C7H10N2.C7H15NO.C7H15N.C7H11N.2C6H10N2/c1-8(2)9-6-4-3-5-7-9;1-8(2)10-6-4-9(3)5-7-10;1-7(2)8-3-5-9-6-4-8;1-7(2)8-4-3-5-9-6-8;1-8(2)9-6-4-3-5-7-9;1-7(2)8-5-3-4-6-9-8;1-6(2)7-3-8-5-9-4-7;1-7(2)8-3-5-9-6-4-8;2*1-7(2)8-5-3-4-6-8;1-6(2)8-4-3-7-5-8;1-6(2)8-5-3-4-7-8/h3-8H,1-2H3;8H,4-7H2,1-3H3;2*3-7H,1-2H3;8H,3-7H2,1-2H3;3-7H,1-2H3;3-6H,1-2H3;7H,3-6H2,1-2H3;7H,3-6H2,1-2H3;3-7H,1-2H3;2*3-6H,1-2H3. The van der Waals surface area contributed by atoms with Gasteiger partial charge in [-0.2, -0.15) is 5.10 Å². The Labute approximate surface area is 642 Å². The number of benzene rings is 1. The minimum absolute atomic E-state index is 0.491. The van der Waals surface area contributed by atoms with Gasteiger partial charge in [-0.3, -0.25) is 29.4 Å². The van der Waals surface area contributed by atoms with Crippen LogP contribution in [0.2, 0.25) is 0 Å². The second-order valence-corrected chi connectivity index (χ2v) is 30.8. The second kappa shape index (κ2) is 59.3. The van der Waals surface area contributed by atoms with Crippen LogP contribution in [0.1, 0.15) is 274 Å². The van der Waals surface area contributed by atoms with E-state index in [0.717, 1.165) is 50.1 Å². The number of aromatic nitrogens is 10. The molecule has 0 atom stereocenters. The van der Waals surface area contributed by atoms with E-state index in [1.165, 1.54) is 107 Å². The molecule has 0 amide bonds. The van der Waals surface area contributed by atoms with Crippen LogP contribution in [0.25, 0.3) is 0 Å². The Morgan fingerprint density at radius 3 is 1.07 bits per heavy atom. The Kier molecular flexibility index (Phi) is 54.3. The van der Waals surface area contributed by atoms with Crippen molar-refractivity contribution in [1.29, 1.82) is 0 Å². The molecule has 16 nitrogen and oxygen atoms in total. The Morgan fingerprint density at radius 1 is 0.305 bits per heavy atom. The van der Waals surface area contributed by atoms with Gasteiger partial charge in [-0.15, -0.1) is 0 Å². The molecule has 4 saturated heterocycles. The first-order valence-corrected chi connectivity index (χ1v) is 39.9. The molecule has 7 aromatic heterocycles. The number of nitrogens with zero attached hydrogens (tertiary/aromatic N) is 15. The summed E-state index contributed by atoms with van der Waals surface area (Å²) in [4.78, 5) is 36.2. The molecule has 11 heterocycles. The predicted molar refractivity (Wildman–Crippen MR) is 450 cm³/mol. The first-order valence-electron chi connectivity index (χ1n) is 39.9. The minimum Gasteiger partial charge on any atom is -0.379 e. The molecule has 4 fully saturated rings. The molecule has 4 aliphatic rings. The zero-order valence-electron chi connectivity index (χ0n) is 70.9. The van der Waals surface area contributed by atoms with Crippen molar-refractivity contribution in [3.8, 4) is 0 Å². The first kappa shape index (κ1) is 96.2. The third-order valence-corrected chi connectivity index (χ3v) is 18.2. The number of hydrogen-bond donors (Lipinski definition) is 0. The molecular formula is C89H151N15O. The van der Waals surface area contributed by atoms with E-state index in [0.29, 0.717) is 53.8 Å².